The Bertz CT molecular complexity index is 468. The molecule has 3 N–H and O–H groups in total. The van der Waals surface area contributed by atoms with Crippen molar-refractivity contribution in [2.24, 2.45) is 5.73 Å². The molecule has 0 unspecified atom stereocenters. The highest BCUT2D eigenvalue weighted by Crippen LogP contribution is 2.27. The Hall–Kier alpha value is -1.28. The van der Waals surface area contributed by atoms with E-state index < -0.39 is 0 Å². The Labute approximate surface area is 90.5 Å². The molecule has 0 aliphatic heterocycles. The largest absolute Gasteiger partial charge is 0.361 e. The fraction of sp³-hybridized carbons (Fsp3) is 0.385. The maximum Gasteiger partial charge on any atom is 0.0457 e. The molecule has 0 amide bonds. The summed E-state index contributed by atoms with van der Waals surface area (Å²) in [6.45, 7) is 6.35. The van der Waals surface area contributed by atoms with Crippen LogP contribution >= 0.6 is 0 Å². The average molecular weight is 202 g/mol. The fourth-order valence-electron chi connectivity index (χ4n) is 1.92. The second-order valence-corrected chi connectivity index (χ2v) is 4.44. The van der Waals surface area contributed by atoms with Gasteiger partial charge >= 0.3 is 0 Å². The number of hydrogen-bond donors (Lipinski definition) is 2. The standard InChI is InChI=1S/C13H18N2/c1-8-4-5-13-11(6-8)12(7-15-13)9(2)10(3)14/h4-7,9-10,15H,14H2,1-3H3/t9-,10-/m1/s1. The quantitative estimate of drug-likeness (QED) is 0.772. The zero-order chi connectivity index (χ0) is 11.0. The van der Waals surface area contributed by atoms with Crippen LogP contribution in [0.4, 0.5) is 0 Å². The number of nitrogens with one attached hydrogen (secondary N) is 1. The highest BCUT2D eigenvalue weighted by molar-refractivity contribution is 5.84. The van der Waals surface area contributed by atoms with Gasteiger partial charge in [-0.05, 0) is 37.5 Å². The van der Waals surface area contributed by atoms with Crippen LogP contribution in [0.1, 0.15) is 30.9 Å². The number of fused-ring (bicyclic) bond motifs is 1. The van der Waals surface area contributed by atoms with Crippen molar-refractivity contribution in [3.8, 4) is 0 Å². The Kier molecular flexibility index (Phi) is 2.53. The molecule has 2 heteroatoms. The van der Waals surface area contributed by atoms with Gasteiger partial charge in [0.2, 0.25) is 0 Å². The molecule has 2 rings (SSSR count). The maximum atomic E-state index is 5.94. The first-order chi connectivity index (χ1) is 7.09. The summed E-state index contributed by atoms with van der Waals surface area (Å²) < 4.78 is 0. The summed E-state index contributed by atoms with van der Waals surface area (Å²) in [6, 6.07) is 6.66. The summed E-state index contributed by atoms with van der Waals surface area (Å²) in [5.41, 5.74) is 9.75. The van der Waals surface area contributed by atoms with Gasteiger partial charge in [-0.25, -0.2) is 0 Å². The van der Waals surface area contributed by atoms with Gasteiger partial charge < -0.3 is 10.7 Å². The van der Waals surface area contributed by atoms with Crippen LogP contribution < -0.4 is 5.73 Å². The van der Waals surface area contributed by atoms with Crippen molar-refractivity contribution in [1.29, 1.82) is 0 Å². The molecule has 0 bridgehead atoms. The monoisotopic (exact) mass is 202 g/mol. The van der Waals surface area contributed by atoms with Crippen LogP contribution in [-0.4, -0.2) is 11.0 Å². The van der Waals surface area contributed by atoms with Crippen LogP contribution in [0.25, 0.3) is 10.9 Å². The Morgan fingerprint density at radius 3 is 2.67 bits per heavy atom. The molecule has 2 atom stereocenters. The zero-order valence-electron chi connectivity index (χ0n) is 9.54. The number of nitrogens with two attached hydrogens (primary N) is 1. The zero-order valence-corrected chi connectivity index (χ0v) is 9.54. The minimum atomic E-state index is 0.185. The van der Waals surface area contributed by atoms with Crippen LogP contribution in [0.15, 0.2) is 24.4 Å². The topological polar surface area (TPSA) is 41.8 Å². The number of H-pyrrole nitrogens is 1. The van der Waals surface area contributed by atoms with Crippen LogP contribution in [0, 0.1) is 6.92 Å². The second kappa shape index (κ2) is 3.70. The molecule has 0 radical (unpaired) electrons. The summed E-state index contributed by atoms with van der Waals surface area (Å²) in [4.78, 5) is 3.30. The number of aryl methyl sites for hydroxylation is 1. The van der Waals surface area contributed by atoms with E-state index in [9.17, 15) is 0 Å². The summed E-state index contributed by atoms with van der Waals surface area (Å²) in [5, 5.41) is 1.31. The van der Waals surface area contributed by atoms with Gasteiger partial charge in [-0.2, -0.15) is 0 Å². The third kappa shape index (κ3) is 1.77. The van der Waals surface area contributed by atoms with Crippen molar-refractivity contribution in [1.82, 2.24) is 4.98 Å². The third-order valence-electron chi connectivity index (χ3n) is 3.15. The minimum Gasteiger partial charge on any atom is -0.361 e. The van der Waals surface area contributed by atoms with Crippen LogP contribution in [-0.2, 0) is 0 Å². The molecule has 1 heterocycles. The predicted octanol–water partition coefficient (Wildman–Crippen LogP) is 2.93. The van der Waals surface area contributed by atoms with Gasteiger partial charge in [-0.15, -0.1) is 0 Å². The van der Waals surface area contributed by atoms with E-state index in [-0.39, 0.29) is 6.04 Å². The Balaban J connectivity index is 2.56. The average Bonchev–Trinajstić information content (AvgIpc) is 2.59. The molecule has 0 aliphatic carbocycles. The lowest BCUT2D eigenvalue weighted by atomic mass is 9.94. The normalized spacial score (nSPS) is 15.5. The second-order valence-electron chi connectivity index (χ2n) is 4.44. The van der Waals surface area contributed by atoms with Crippen LogP contribution in [0.5, 0.6) is 0 Å². The highest BCUT2D eigenvalue weighted by Gasteiger charge is 2.14. The molecular weight excluding hydrogens is 184 g/mol. The smallest absolute Gasteiger partial charge is 0.0457 e. The maximum absolute atomic E-state index is 5.94. The van der Waals surface area contributed by atoms with Gasteiger partial charge in [0.05, 0.1) is 0 Å². The molecule has 80 valence electrons. The van der Waals surface area contributed by atoms with Crippen molar-refractivity contribution >= 4 is 10.9 Å². The first-order valence-electron chi connectivity index (χ1n) is 5.43. The molecule has 1 aromatic heterocycles. The van der Waals surface area contributed by atoms with Crippen molar-refractivity contribution in [2.75, 3.05) is 0 Å². The molecule has 2 nitrogen and oxygen atoms in total. The van der Waals surface area contributed by atoms with Gasteiger partial charge in [0, 0.05) is 23.1 Å². The van der Waals surface area contributed by atoms with Crippen LogP contribution in [0.3, 0.4) is 0 Å². The number of rotatable bonds is 2. The van der Waals surface area contributed by atoms with E-state index in [0.717, 1.165) is 0 Å². The van der Waals surface area contributed by atoms with Gasteiger partial charge in [0.15, 0.2) is 0 Å². The van der Waals surface area contributed by atoms with E-state index in [0.29, 0.717) is 5.92 Å². The van der Waals surface area contributed by atoms with Crippen molar-refractivity contribution < 1.29 is 0 Å². The molecular formula is C13H18N2. The van der Waals surface area contributed by atoms with E-state index in [1.807, 2.05) is 0 Å². The minimum absolute atomic E-state index is 0.185. The lowest BCUT2D eigenvalue weighted by Gasteiger charge is -2.14. The molecule has 0 saturated carbocycles. The summed E-state index contributed by atoms with van der Waals surface area (Å²) >= 11 is 0. The fourth-order valence-corrected chi connectivity index (χ4v) is 1.92. The first kappa shape index (κ1) is 10.2. The van der Waals surface area contributed by atoms with E-state index >= 15 is 0 Å². The number of aromatic nitrogens is 1. The van der Waals surface area contributed by atoms with E-state index in [1.54, 1.807) is 0 Å². The molecule has 0 fully saturated rings. The third-order valence-corrected chi connectivity index (χ3v) is 3.15. The summed E-state index contributed by atoms with van der Waals surface area (Å²) in [6.07, 6.45) is 2.08. The summed E-state index contributed by atoms with van der Waals surface area (Å²) in [5.74, 6) is 0.389. The Morgan fingerprint density at radius 2 is 2.00 bits per heavy atom. The first-order valence-corrected chi connectivity index (χ1v) is 5.43. The highest BCUT2D eigenvalue weighted by atomic mass is 14.7. The number of aromatic amines is 1. The van der Waals surface area contributed by atoms with Crippen molar-refractivity contribution in [3.05, 3.63) is 35.5 Å². The molecule has 1 aromatic carbocycles. The predicted molar refractivity (Wildman–Crippen MR) is 65.1 cm³/mol. The van der Waals surface area contributed by atoms with E-state index in [1.165, 1.54) is 22.0 Å². The van der Waals surface area contributed by atoms with E-state index in [4.69, 9.17) is 5.73 Å². The molecule has 2 aromatic rings. The lowest BCUT2D eigenvalue weighted by Crippen LogP contribution is -2.22. The van der Waals surface area contributed by atoms with Gasteiger partial charge in [-0.1, -0.05) is 18.6 Å². The molecule has 15 heavy (non-hydrogen) atoms. The van der Waals surface area contributed by atoms with Crippen molar-refractivity contribution in [3.63, 3.8) is 0 Å². The molecule has 0 spiro atoms. The van der Waals surface area contributed by atoms with Gasteiger partial charge in [0.1, 0.15) is 0 Å². The number of hydrogen-bond acceptors (Lipinski definition) is 1. The molecule has 0 saturated heterocycles. The van der Waals surface area contributed by atoms with Crippen LogP contribution in [0.2, 0.25) is 0 Å². The Morgan fingerprint density at radius 1 is 1.27 bits per heavy atom. The lowest BCUT2D eigenvalue weighted by molar-refractivity contribution is 0.617. The van der Waals surface area contributed by atoms with E-state index in [2.05, 4.69) is 50.2 Å². The molecule has 0 aliphatic rings. The summed E-state index contributed by atoms with van der Waals surface area (Å²) in [7, 11) is 0. The number of benzene rings is 1. The van der Waals surface area contributed by atoms with Crippen molar-refractivity contribution in [2.45, 2.75) is 32.7 Å². The SMILES string of the molecule is Cc1ccc2[nH]cc([C@H](C)[C@@H](C)N)c2c1. The van der Waals surface area contributed by atoms with Gasteiger partial charge in [0.25, 0.3) is 0 Å². The van der Waals surface area contributed by atoms with Gasteiger partial charge in [-0.3, -0.25) is 0 Å².